The van der Waals surface area contributed by atoms with Gasteiger partial charge in [0.15, 0.2) is 0 Å². The molecule has 0 radical (unpaired) electrons. The molecule has 2 saturated heterocycles. The molecule has 0 bridgehead atoms. The molecule has 0 unspecified atom stereocenters. The Morgan fingerprint density at radius 2 is 1.27 bits per heavy atom. The van der Waals surface area contributed by atoms with Crippen molar-refractivity contribution in [1.82, 2.24) is 45.4 Å². The van der Waals surface area contributed by atoms with Crippen molar-refractivity contribution in [1.29, 1.82) is 0 Å². The largest absolute Gasteiger partial charge is 0.453 e. The molecule has 2 aliphatic carbocycles. The molecule has 15 nitrogen and oxygen atoms in total. The number of pyridine rings is 1. The van der Waals surface area contributed by atoms with Crippen LogP contribution in [0.3, 0.4) is 0 Å². The molecule has 5 heterocycles. The second-order valence-corrected chi connectivity index (χ2v) is 16.1. The van der Waals surface area contributed by atoms with Crippen molar-refractivity contribution in [2.75, 3.05) is 27.3 Å². The molecular formula is C47H49N9O6. The Bertz CT molecular complexity index is 2620. The van der Waals surface area contributed by atoms with Crippen LogP contribution in [0.5, 0.6) is 0 Å². The summed E-state index contributed by atoms with van der Waals surface area (Å²) in [5.41, 5.74) is 5.12. The van der Waals surface area contributed by atoms with E-state index < -0.39 is 24.3 Å². The number of likely N-dealkylation sites (tertiary alicyclic amines) is 2. The first-order chi connectivity index (χ1) is 30.3. The van der Waals surface area contributed by atoms with Gasteiger partial charge in [-0.1, -0.05) is 66.8 Å². The number of nitrogens with one attached hydrogen (secondary N) is 4. The van der Waals surface area contributed by atoms with Crippen molar-refractivity contribution in [3.05, 3.63) is 115 Å². The topological polar surface area (TPSA) is 188 Å². The van der Waals surface area contributed by atoms with Crippen LogP contribution in [0.4, 0.5) is 9.59 Å². The van der Waals surface area contributed by atoms with Crippen molar-refractivity contribution in [3.8, 4) is 22.5 Å². The highest BCUT2D eigenvalue weighted by Crippen LogP contribution is 2.36. The average molecular weight is 836 g/mol. The Morgan fingerprint density at radius 1 is 0.677 bits per heavy atom. The summed E-state index contributed by atoms with van der Waals surface area (Å²) in [6, 6.07) is 12.1. The molecule has 2 aromatic carbocycles. The maximum Gasteiger partial charge on any atom is 0.407 e. The van der Waals surface area contributed by atoms with Crippen LogP contribution in [0, 0.1) is 11.8 Å². The number of nitrogens with zero attached hydrogens (tertiary/aromatic N) is 5. The van der Waals surface area contributed by atoms with Gasteiger partial charge in [-0.2, -0.15) is 0 Å². The first-order valence-corrected chi connectivity index (χ1v) is 21.2. The Hall–Kier alpha value is -7.03. The number of methoxy groups -OCH3 is 2. The predicted octanol–water partition coefficient (Wildman–Crippen LogP) is 7.21. The predicted molar refractivity (Wildman–Crippen MR) is 233 cm³/mol. The molecule has 62 heavy (non-hydrogen) atoms. The molecular weight excluding hydrogens is 787 g/mol. The number of hydrogen-bond donors (Lipinski definition) is 4. The zero-order valence-corrected chi connectivity index (χ0v) is 34.6. The highest BCUT2D eigenvalue weighted by atomic mass is 16.5. The van der Waals surface area contributed by atoms with E-state index >= 15 is 0 Å². The Balaban J connectivity index is 0.908. The van der Waals surface area contributed by atoms with E-state index in [4.69, 9.17) is 24.4 Å². The number of ether oxygens (including phenoxy) is 2. The molecule has 4 atom stereocenters. The van der Waals surface area contributed by atoms with Gasteiger partial charge in [0.25, 0.3) is 0 Å². The van der Waals surface area contributed by atoms with Gasteiger partial charge in [0.05, 0.1) is 54.9 Å². The first-order valence-electron chi connectivity index (χ1n) is 21.2. The molecule has 4 N–H and O–H groups in total. The SMILES string of the molecule is COC(=O)N[C@H](C(=O)N1CCC[C@H]1c1ncc(-c2ccc3cc(-c4ccc5nc([C@@H]6CCCN6C(=O)[C@@H](NC(=O)OC)C6C=CCC=C6)[nH]c5c4)ncc3c2)[nH]1)C1C=CCC=C1. The standard InChI is InChI=1S/C47H49N9O6/c1-61-46(59)53-40(28-11-5-3-6-12-28)44(57)55-21-9-15-38(55)42-49-27-37(52-42)31-18-17-30-24-35(48-26-33(30)23-31)32-19-20-34-36(25-32)51-43(50-34)39-16-10-22-56(39)45(58)41(54-47(60)62-2)29-13-7-4-8-14-29/h5-8,11-14,17-20,23-29,38-41H,3-4,9-10,15-16,21-22H2,1-2H3,(H,49,52)(H,50,51)(H,53,59)(H,54,60)/t38-,39-,40-,41-/m0/s1. The van der Waals surface area contributed by atoms with E-state index in [2.05, 4.69) is 38.8 Å². The van der Waals surface area contributed by atoms with Gasteiger partial charge in [0.2, 0.25) is 11.8 Å². The van der Waals surface area contributed by atoms with Crippen molar-refractivity contribution in [3.63, 3.8) is 0 Å². The number of aromatic nitrogens is 5. The number of imidazole rings is 2. The van der Waals surface area contributed by atoms with Crippen LogP contribution >= 0.6 is 0 Å². The lowest BCUT2D eigenvalue weighted by molar-refractivity contribution is -0.135. The minimum atomic E-state index is -0.793. The van der Waals surface area contributed by atoms with Crippen LogP contribution in [0.2, 0.25) is 0 Å². The first kappa shape index (κ1) is 40.4. The number of aromatic amines is 2. The number of carbonyl (C=O) groups excluding carboxylic acids is 4. The fourth-order valence-corrected chi connectivity index (χ4v) is 9.14. The lowest BCUT2D eigenvalue weighted by Gasteiger charge is -2.31. The number of carbonyl (C=O) groups is 4. The molecule has 0 spiro atoms. The van der Waals surface area contributed by atoms with Gasteiger partial charge < -0.3 is 39.9 Å². The van der Waals surface area contributed by atoms with Crippen molar-refractivity contribution in [2.24, 2.45) is 11.8 Å². The summed E-state index contributed by atoms with van der Waals surface area (Å²) in [5, 5.41) is 7.51. The molecule has 2 aliphatic heterocycles. The number of H-pyrrole nitrogens is 2. The van der Waals surface area contributed by atoms with E-state index in [1.54, 1.807) is 6.20 Å². The summed E-state index contributed by atoms with van der Waals surface area (Å²) in [5.74, 6) is 0.510. The van der Waals surface area contributed by atoms with Crippen molar-refractivity contribution in [2.45, 2.75) is 62.7 Å². The number of amides is 4. The normalized spacial score (nSPS) is 19.9. The maximum atomic E-state index is 14.0. The van der Waals surface area contributed by atoms with E-state index in [9.17, 15) is 19.2 Å². The third kappa shape index (κ3) is 8.09. The lowest BCUT2D eigenvalue weighted by Crippen LogP contribution is -2.51. The van der Waals surface area contributed by atoms with E-state index in [1.165, 1.54) is 14.2 Å². The summed E-state index contributed by atoms with van der Waals surface area (Å²) in [7, 11) is 2.59. The third-order valence-corrected chi connectivity index (χ3v) is 12.3. The van der Waals surface area contributed by atoms with Crippen LogP contribution in [-0.2, 0) is 19.1 Å². The maximum absolute atomic E-state index is 14.0. The molecule has 3 aromatic heterocycles. The van der Waals surface area contributed by atoms with Gasteiger partial charge in [0.1, 0.15) is 23.7 Å². The minimum absolute atomic E-state index is 0.172. The lowest BCUT2D eigenvalue weighted by atomic mass is 9.93. The van der Waals surface area contributed by atoms with Crippen LogP contribution in [0.25, 0.3) is 44.3 Å². The third-order valence-electron chi connectivity index (χ3n) is 12.3. The van der Waals surface area contributed by atoms with Crippen molar-refractivity contribution >= 4 is 45.8 Å². The number of hydrogen-bond acceptors (Lipinski definition) is 9. The second kappa shape index (κ2) is 17.5. The van der Waals surface area contributed by atoms with Gasteiger partial charge in [-0.15, -0.1) is 0 Å². The molecule has 318 valence electrons. The molecule has 0 saturated carbocycles. The average Bonchev–Trinajstić information content (AvgIpc) is 4.16. The number of fused-ring (bicyclic) bond motifs is 2. The Morgan fingerprint density at radius 3 is 1.89 bits per heavy atom. The molecule has 2 fully saturated rings. The van der Waals surface area contributed by atoms with E-state index in [-0.39, 0.29) is 35.7 Å². The van der Waals surface area contributed by atoms with Gasteiger partial charge in [-0.05, 0) is 68.2 Å². The van der Waals surface area contributed by atoms with Crippen LogP contribution in [0.1, 0.15) is 62.3 Å². The second-order valence-electron chi connectivity index (χ2n) is 16.1. The van der Waals surface area contributed by atoms with Gasteiger partial charge in [-0.25, -0.2) is 19.6 Å². The van der Waals surface area contributed by atoms with E-state index in [1.807, 2.05) is 88.9 Å². The van der Waals surface area contributed by atoms with Crippen LogP contribution < -0.4 is 10.6 Å². The van der Waals surface area contributed by atoms with Crippen molar-refractivity contribution < 1.29 is 28.7 Å². The quantitative estimate of drug-likeness (QED) is 0.106. The molecule has 15 heteroatoms. The van der Waals surface area contributed by atoms with Crippen LogP contribution in [-0.4, -0.2) is 98.1 Å². The van der Waals surface area contributed by atoms with E-state index in [0.717, 1.165) is 82.8 Å². The molecule has 5 aromatic rings. The zero-order valence-electron chi connectivity index (χ0n) is 34.6. The number of allylic oxidation sites excluding steroid dienone is 4. The van der Waals surface area contributed by atoms with Gasteiger partial charge >= 0.3 is 12.2 Å². The summed E-state index contributed by atoms with van der Waals surface area (Å²) >= 11 is 0. The fraction of sp³-hybridized carbons (Fsp3) is 0.340. The van der Waals surface area contributed by atoms with Gasteiger partial charge in [-0.3, -0.25) is 14.6 Å². The summed E-state index contributed by atoms with van der Waals surface area (Å²) in [4.78, 5) is 77.7. The van der Waals surface area contributed by atoms with E-state index in [0.29, 0.717) is 24.7 Å². The number of rotatable bonds is 10. The summed E-state index contributed by atoms with van der Waals surface area (Å²) < 4.78 is 9.73. The molecule has 4 aliphatic rings. The summed E-state index contributed by atoms with van der Waals surface area (Å²) in [6.45, 7) is 1.12. The minimum Gasteiger partial charge on any atom is -0.453 e. The molecule has 9 rings (SSSR count). The van der Waals surface area contributed by atoms with Gasteiger partial charge in [0, 0.05) is 47.6 Å². The number of benzene rings is 2. The monoisotopic (exact) mass is 835 g/mol. The highest BCUT2D eigenvalue weighted by Gasteiger charge is 2.40. The fourth-order valence-electron chi connectivity index (χ4n) is 9.14. The highest BCUT2D eigenvalue weighted by molar-refractivity contribution is 5.91. The Kier molecular flexibility index (Phi) is 11.4. The van der Waals surface area contributed by atoms with Crippen LogP contribution in [0.15, 0.2) is 103 Å². The summed E-state index contributed by atoms with van der Waals surface area (Å²) in [6.07, 6.45) is 22.9. The molecule has 4 amide bonds. The zero-order chi connectivity index (χ0) is 42.7. The number of alkyl carbamates (subject to hydrolysis) is 2. The Labute approximate surface area is 358 Å². The smallest absolute Gasteiger partial charge is 0.407 e.